The van der Waals surface area contributed by atoms with Gasteiger partial charge in [-0.15, -0.1) is 0 Å². The zero-order valence-electron chi connectivity index (χ0n) is 14.7. The molecular weight excluding hydrogens is 342 g/mol. The number of rotatable bonds is 3. The third-order valence-corrected chi connectivity index (χ3v) is 4.12. The number of aromatic nitrogens is 1. The van der Waals surface area contributed by atoms with Gasteiger partial charge >= 0.3 is 5.97 Å². The van der Waals surface area contributed by atoms with Gasteiger partial charge in [0, 0.05) is 18.2 Å². The van der Waals surface area contributed by atoms with Gasteiger partial charge in [0.05, 0.1) is 12.7 Å². The molecule has 1 aliphatic rings. The van der Waals surface area contributed by atoms with E-state index in [0.717, 1.165) is 0 Å². The van der Waals surface area contributed by atoms with E-state index >= 15 is 0 Å². The molecule has 27 heavy (non-hydrogen) atoms. The number of allylic oxidation sites excluding steroid dienone is 1. The molecule has 0 aliphatic heterocycles. The molecule has 2 aromatic rings. The number of esters is 1. The smallest absolute Gasteiger partial charge is 0.337 e. The molecule has 3 rings (SSSR count). The Bertz CT molecular complexity index is 978. The second-order valence-electron chi connectivity index (χ2n) is 5.99. The SMILES string of the molecule is COC(=O)c1ccc(/C=C2/C(=O)C=CC2(O)CC#Cc2ccccn2)cc1. The minimum absolute atomic E-state index is 0.0674. The highest BCUT2D eigenvalue weighted by molar-refractivity contribution is 6.12. The first-order valence-electron chi connectivity index (χ1n) is 8.28. The van der Waals surface area contributed by atoms with Crippen molar-refractivity contribution in [3.8, 4) is 11.8 Å². The molecule has 1 aliphatic carbocycles. The van der Waals surface area contributed by atoms with Gasteiger partial charge in [0.25, 0.3) is 0 Å². The summed E-state index contributed by atoms with van der Waals surface area (Å²) in [4.78, 5) is 27.8. The van der Waals surface area contributed by atoms with Crippen LogP contribution in [0.2, 0.25) is 0 Å². The van der Waals surface area contributed by atoms with Crippen molar-refractivity contribution in [2.75, 3.05) is 7.11 Å². The van der Waals surface area contributed by atoms with Crippen LogP contribution in [0.4, 0.5) is 0 Å². The Morgan fingerprint density at radius 3 is 2.70 bits per heavy atom. The Morgan fingerprint density at radius 2 is 2.04 bits per heavy atom. The molecule has 0 saturated carbocycles. The number of ketones is 1. The lowest BCUT2D eigenvalue weighted by Crippen LogP contribution is -2.27. The van der Waals surface area contributed by atoms with Gasteiger partial charge in [-0.3, -0.25) is 4.79 Å². The zero-order valence-corrected chi connectivity index (χ0v) is 14.7. The number of methoxy groups -OCH3 is 1. The van der Waals surface area contributed by atoms with Crippen LogP contribution in [-0.4, -0.2) is 34.6 Å². The quantitative estimate of drug-likeness (QED) is 0.518. The summed E-state index contributed by atoms with van der Waals surface area (Å²) < 4.78 is 4.66. The molecular formula is C22H17NO4. The first-order valence-corrected chi connectivity index (χ1v) is 8.28. The molecule has 0 amide bonds. The second kappa shape index (κ2) is 7.81. The van der Waals surface area contributed by atoms with Crippen molar-refractivity contribution in [3.63, 3.8) is 0 Å². The van der Waals surface area contributed by atoms with E-state index in [2.05, 4.69) is 21.6 Å². The summed E-state index contributed by atoms with van der Waals surface area (Å²) in [6, 6.07) is 12.0. The van der Waals surface area contributed by atoms with E-state index < -0.39 is 11.6 Å². The summed E-state index contributed by atoms with van der Waals surface area (Å²) in [5.41, 5.74) is 0.472. The van der Waals surface area contributed by atoms with Crippen LogP contribution >= 0.6 is 0 Å². The summed E-state index contributed by atoms with van der Waals surface area (Å²) in [6.07, 6.45) is 6.11. The van der Waals surface area contributed by atoms with E-state index in [1.54, 1.807) is 48.7 Å². The van der Waals surface area contributed by atoms with E-state index in [1.165, 1.54) is 19.3 Å². The van der Waals surface area contributed by atoms with Crippen LogP contribution in [0.5, 0.6) is 0 Å². The topological polar surface area (TPSA) is 76.5 Å². The summed E-state index contributed by atoms with van der Waals surface area (Å²) in [6.45, 7) is 0. The molecule has 1 atom stereocenters. The molecule has 1 aromatic carbocycles. The Balaban J connectivity index is 1.82. The minimum atomic E-state index is -1.46. The normalized spacial score (nSPS) is 19.6. The molecule has 0 fully saturated rings. The Hall–Kier alpha value is -3.49. The molecule has 1 aromatic heterocycles. The number of pyridine rings is 1. The van der Waals surface area contributed by atoms with E-state index in [9.17, 15) is 14.7 Å². The average molecular weight is 359 g/mol. The van der Waals surface area contributed by atoms with Crippen molar-refractivity contribution in [3.05, 3.63) is 83.2 Å². The number of hydrogen-bond donors (Lipinski definition) is 1. The molecule has 1 N–H and O–H groups in total. The molecule has 1 heterocycles. The predicted octanol–water partition coefficient (Wildman–Crippen LogP) is 2.56. The zero-order chi connectivity index (χ0) is 19.3. The summed E-state index contributed by atoms with van der Waals surface area (Å²) in [5.74, 6) is 5.06. The van der Waals surface area contributed by atoms with Gasteiger partial charge in [-0.05, 0) is 54.0 Å². The first-order chi connectivity index (χ1) is 13.0. The molecule has 0 bridgehead atoms. The second-order valence-corrected chi connectivity index (χ2v) is 5.99. The monoisotopic (exact) mass is 359 g/mol. The summed E-state index contributed by atoms with van der Waals surface area (Å²) >= 11 is 0. The number of ether oxygens (including phenoxy) is 1. The molecule has 5 nitrogen and oxygen atoms in total. The highest BCUT2D eigenvalue weighted by atomic mass is 16.5. The average Bonchev–Trinajstić information content (AvgIpc) is 2.97. The van der Waals surface area contributed by atoms with Crippen molar-refractivity contribution in [1.29, 1.82) is 0 Å². The lowest BCUT2D eigenvalue weighted by atomic mass is 9.91. The van der Waals surface area contributed by atoms with Crippen molar-refractivity contribution < 1.29 is 19.4 Å². The number of nitrogens with zero attached hydrogens (tertiary/aromatic N) is 1. The van der Waals surface area contributed by atoms with Crippen molar-refractivity contribution in [2.24, 2.45) is 0 Å². The van der Waals surface area contributed by atoms with E-state index in [4.69, 9.17) is 0 Å². The van der Waals surface area contributed by atoms with E-state index in [0.29, 0.717) is 16.8 Å². The number of benzene rings is 1. The van der Waals surface area contributed by atoms with Crippen LogP contribution in [0.15, 0.2) is 66.4 Å². The fourth-order valence-electron chi connectivity index (χ4n) is 2.66. The van der Waals surface area contributed by atoms with E-state index in [-0.39, 0.29) is 17.8 Å². The number of hydrogen-bond acceptors (Lipinski definition) is 5. The largest absolute Gasteiger partial charge is 0.465 e. The van der Waals surface area contributed by atoms with Gasteiger partial charge in [-0.25, -0.2) is 9.78 Å². The van der Waals surface area contributed by atoms with Crippen LogP contribution in [0.1, 0.15) is 28.0 Å². The molecule has 134 valence electrons. The van der Waals surface area contributed by atoms with Crippen LogP contribution < -0.4 is 0 Å². The van der Waals surface area contributed by atoms with Gasteiger partial charge < -0.3 is 9.84 Å². The van der Waals surface area contributed by atoms with Gasteiger partial charge in [0.1, 0.15) is 11.3 Å². The minimum Gasteiger partial charge on any atom is -0.465 e. The Morgan fingerprint density at radius 1 is 1.26 bits per heavy atom. The van der Waals surface area contributed by atoms with Crippen molar-refractivity contribution >= 4 is 17.8 Å². The lowest BCUT2D eigenvalue weighted by molar-refractivity contribution is -0.111. The lowest BCUT2D eigenvalue weighted by Gasteiger charge is -2.19. The maximum atomic E-state index is 12.2. The maximum absolute atomic E-state index is 12.2. The number of aliphatic hydroxyl groups is 1. The molecule has 1 unspecified atom stereocenters. The highest BCUT2D eigenvalue weighted by Gasteiger charge is 2.36. The maximum Gasteiger partial charge on any atom is 0.337 e. The van der Waals surface area contributed by atoms with Gasteiger partial charge in [0.2, 0.25) is 0 Å². The number of carbonyl (C=O) groups excluding carboxylic acids is 2. The third kappa shape index (κ3) is 4.20. The predicted molar refractivity (Wildman–Crippen MR) is 101 cm³/mol. The van der Waals surface area contributed by atoms with Crippen molar-refractivity contribution in [1.82, 2.24) is 4.98 Å². The van der Waals surface area contributed by atoms with Gasteiger partial charge in [-0.1, -0.05) is 24.1 Å². The van der Waals surface area contributed by atoms with E-state index in [1.807, 2.05) is 6.07 Å². The van der Waals surface area contributed by atoms with Crippen LogP contribution in [0, 0.1) is 11.8 Å². The van der Waals surface area contributed by atoms with Crippen LogP contribution in [0.25, 0.3) is 6.08 Å². The molecule has 0 spiro atoms. The molecule has 0 saturated heterocycles. The standard InChI is InChI=1S/C22H17NO4/c1-27-21(25)17-9-7-16(8-10-17)15-19-20(24)11-13-22(19,26)12-4-6-18-5-2-3-14-23-18/h2-3,5,7-11,13-15,26H,12H2,1H3/b19-15-. The summed E-state index contributed by atoms with van der Waals surface area (Å²) in [5, 5.41) is 10.9. The Labute approximate surface area is 157 Å². The highest BCUT2D eigenvalue weighted by Crippen LogP contribution is 2.31. The van der Waals surface area contributed by atoms with Gasteiger partial charge in [0.15, 0.2) is 5.78 Å². The van der Waals surface area contributed by atoms with Gasteiger partial charge in [-0.2, -0.15) is 0 Å². The third-order valence-electron chi connectivity index (χ3n) is 4.12. The molecule has 5 heteroatoms. The van der Waals surface area contributed by atoms with Crippen LogP contribution in [-0.2, 0) is 9.53 Å². The van der Waals surface area contributed by atoms with Crippen molar-refractivity contribution in [2.45, 2.75) is 12.0 Å². The Kier molecular flexibility index (Phi) is 5.30. The van der Waals surface area contributed by atoms with Crippen LogP contribution in [0.3, 0.4) is 0 Å². The number of carbonyl (C=O) groups is 2. The molecule has 0 radical (unpaired) electrons. The summed E-state index contributed by atoms with van der Waals surface area (Å²) in [7, 11) is 1.31. The first kappa shape index (κ1) is 18.3. The fourth-order valence-corrected chi connectivity index (χ4v) is 2.66. The fraction of sp³-hybridized carbons (Fsp3) is 0.136.